The highest BCUT2D eigenvalue weighted by Gasteiger charge is 2.12. The van der Waals surface area contributed by atoms with Gasteiger partial charge >= 0.3 is 0 Å². The monoisotopic (exact) mass is 185 g/mol. The van der Waals surface area contributed by atoms with E-state index in [0.29, 0.717) is 0 Å². The third kappa shape index (κ3) is 1.35. The third-order valence-corrected chi connectivity index (χ3v) is 2.61. The number of fused-ring (bicyclic) bond motifs is 1. The van der Waals surface area contributed by atoms with Gasteiger partial charge < -0.3 is 4.90 Å². The lowest BCUT2D eigenvalue weighted by Crippen LogP contribution is -2.18. The molecule has 1 heterocycles. The van der Waals surface area contributed by atoms with Gasteiger partial charge in [-0.2, -0.15) is 0 Å². The summed E-state index contributed by atoms with van der Waals surface area (Å²) in [4.78, 5) is 2.27. The van der Waals surface area contributed by atoms with Crippen molar-refractivity contribution in [2.75, 3.05) is 11.4 Å². The molecule has 1 aromatic carbocycles. The van der Waals surface area contributed by atoms with Gasteiger partial charge in [-0.05, 0) is 31.6 Å². The molecule has 0 bridgehead atoms. The van der Waals surface area contributed by atoms with Crippen LogP contribution in [0.3, 0.4) is 0 Å². The van der Waals surface area contributed by atoms with Crippen LogP contribution in [0.15, 0.2) is 42.6 Å². The summed E-state index contributed by atoms with van der Waals surface area (Å²) < 4.78 is 0. The van der Waals surface area contributed by atoms with Crippen LogP contribution in [-0.4, -0.2) is 6.54 Å². The first kappa shape index (κ1) is 9.07. The second-order valence-electron chi connectivity index (χ2n) is 3.36. The van der Waals surface area contributed by atoms with Crippen molar-refractivity contribution in [1.82, 2.24) is 0 Å². The predicted octanol–water partition coefficient (Wildman–Crippen LogP) is 3.44. The molecule has 0 saturated heterocycles. The van der Waals surface area contributed by atoms with Gasteiger partial charge in [0.15, 0.2) is 0 Å². The number of hydrogen-bond acceptors (Lipinski definition) is 1. The van der Waals surface area contributed by atoms with Crippen LogP contribution >= 0.6 is 0 Å². The molecule has 0 aliphatic carbocycles. The summed E-state index contributed by atoms with van der Waals surface area (Å²) in [5, 5.41) is 0. The Hall–Kier alpha value is -1.50. The maximum Gasteiger partial charge on any atom is 0.0485 e. The van der Waals surface area contributed by atoms with E-state index in [9.17, 15) is 0 Å². The highest BCUT2D eigenvalue weighted by molar-refractivity contribution is 5.85. The SMILES string of the molecule is C/C=C1\C=CN(CC)c2ccccc21. The number of rotatable bonds is 1. The summed E-state index contributed by atoms with van der Waals surface area (Å²) in [6.45, 7) is 5.27. The quantitative estimate of drug-likeness (QED) is 0.647. The van der Waals surface area contributed by atoms with Crippen molar-refractivity contribution in [2.24, 2.45) is 0 Å². The Morgan fingerprint density at radius 3 is 2.79 bits per heavy atom. The van der Waals surface area contributed by atoms with Gasteiger partial charge in [-0.3, -0.25) is 0 Å². The van der Waals surface area contributed by atoms with Gasteiger partial charge in [-0.1, -0.05) is 24.3 Å². The first-order valence-corrected chi connectivity index (χ1v) is 5.07. The van der Waals surface area contributed by atoms with E-state index in [2.05, 4.69) is 61.4 Å². The molecule has 14 heavy (non-hydrogen) atoms. The van der Waals surface area contributed by atoms with Crippen LogP contribution in [0.25, 0.3) is 5.57 Å². The van der Waals surface area contributed by atoms with E-state index in [1.165, 1.54) is 16.8 Å². The Balaban J connectivity index is 2.55. The molecule has 0 N–H and O–H groups in total. The molecule has 1 nitrogen and oxygen atoms in total. The van der Waals surface area contributed by atoms with E-state index in [-0.39, 0.29) is 0 Å². The smallest absolute Gasteiger partial charge is 0.0485 e. The zero-order chi connectivity index (χ0) is 9.97. The molecular formula is C13H15N. The van der Waals surface area contributed by atoms with E-state index in [0.717, 1.165) is 6.54 Å². The number of allylic oxidation sites excluding steroid dienone is 3. The predicted molar refractivity (Wildman–Crippen MR) is 62.3 cm³/mol. The molecule has 0 spiro atoms. The Labute approximate surface area is 85.4 Å². The lowest BCUT2D eigenvalue weighted by Gasteiger charge is -2.26. The highest BCUT2D eigenvalue weighted by atomic mass is 15.1. The molecule has 0 atom stereocenters. The Kier molecular flexibility index (Phi) is 2.40. The molecule has 0 amide bonds. The summed E-state index contributed by atoms with van der Waals surface area (Å²) in [7, 11) is 0. The van der Waals surface area contributed by atoms with E-state index in [1.54, 1.807) is 0 Å². The number of nitrogens with zero attached hydrogens (tertiary/aromatic N) is 1. The molecule has 1 aliphatic rings. The van der Waals surface area contributed by atoms with Gasteiger partial charge in [0, 0.05) is 24.0 Å². The van der Waals surface area contributed by atoms with Gasteiger partial charge in [0.25, 0.3) is 0 Å². The molecule has 1 heteroatoms. The molecule has 0 radical (unpaired) electrons. The van der Waals surface area contributed by atoms with Crippen LogP contribution < -0.4 is 4.90 Å². The fraction of sp³-hybridized carbons (Fsp3) is 0.231. The summed E-state index contributed by atoms with van der Waals surface area (Å²) in [5.41, 5.74) is 3.95. The fourth-order valence-corrected chi connectivity index (χ4v) is 1.84. The molecular weight excluding hydrogens is 170 g/mol. The zero-order valence-corrected chi connectivity index (χ0v) is 8.70. The van der Waals surface area contributed by atoms with Crippen LogP contribution in [0.5, 0.6) is 0 Å². The summed E-state index contributed by atoms with van der Waals surface area (Å²) >= 11 is 0. The largest absolute Gasteiger partial charge is 0.348 e. The Morgan fingerprint density at radius 2 is 2.07 bits per heavy atom. The lowest BCUT2D eigenvalue weighted by atomic mass is 10.00. The van der Waals surface area contributed by atoms with Gasteiger partial charge in [0.1, 0.15) is 0 Å². The van der Waals surface area contributed by atoms with Crippen LogP contribution in [0.1, 0.15) is 19.4 Å². The summed E-state index contributed by atoms with van der Waals surface area (Å²) in [6.07, 6.45) is 6.48. The van der Waals surface area contributed by atoms with Gasteiger partial charge in [-0.25, -0.2) is 0 Å². The number of hydrogen-bond donors (Lipinski definition) is 0. The van der Waals surface area contributed by atoms with Gasteiger partial charge in [-0.15, -0.1) is 0 Å². The average Bonchev–Trinajstić information content (AvgIpc) is 2.27. The average molecular weight is 185 g/mol. The summed E-state index contributed by atoms with van der Waals surface area (Å²) in [6, 6.07) is 8.53. The first-order chi connectivity index (χ1) is 6.86. The number of anilines is 1. The first-order valence-electron chi connectivity index (χ1n) is 5.07. The third-order valence-electron chi connectivity index (χ3n) is 2.61. The maximum atomic E-state index is 2.27. The van der Waals surface area contributed by atoms with E-state index in [1.807, 2.05) is 0 Å². The minimum atomic E-state index is 1.02. The molecule has 1 aliphatic heterocycles. The molecule has 0 fully saturated rings. The molecule has 1 aromatic rings. The Morgan fingerprint density at radius 1 is 1.29 bits per heavy atom. The highest BCUT2D eigenvalue weighted by Crippen LogP contribution is 2.31. The molecule has 72 valence electrons. The van der Waals surface area contributed by atoms with Crippen molar-refractivity contribution < 1.29 is 0 Å². The van der Waals surface area contributed by atoms with Crippen LogP contribution in [0, 0.1) is 0 Å². The van der Waals surface area contributed by atoms with Crippen LogP contribution in [0.2, 0.25) is 0 Å². The molecule has 2 rings (SSSR count). The van der Waals surface area contributed by atoms with Crippen LogP contribution in [0.4, 0.5) is 5.69 Å². The van der Waals surface area contributed by atoms with Crippen molar-refractivity contribution in [3.05, 3.63) is 48.2 Å². The van der Waals surface area contributed by atoms with E-state index in [4.69, 9.17) is 0 Å². The van der Waals surface area contributed by atoms with Crippen molar-refractivity contribution >= 4 is 11.3 Å². The normalized spacial score (nSPS) is 17.3. The van der Waals surface area contributed by atoms with Crippen LogP contribution in [-0.2, 0) is 0 Å². The Bertz CT molecular complexity index is 388. The molecule has 0 saturated carbocycles. The lowest BCUT2D eigenvalue weighted by molar-refractivity contribution is 1.01. The van der Waals surface area contributed by atoms with Crippen molar-refractivity contribution in [2.45, 2.75) is 13.8 Å². The topological polar surface area (TPSA) is 3.24 Å². The molecule has 0 aromatic heterocycles. The maximum absolute atomic E-state index is 2.27. The number of benzene rings is 1. The van der Waals surface area contributed by atoms with Crippen molar-refractivity contribution in [3.8, 4) is 0 Å². The second kappa shape index (κ2) is 3.70. The van der Waals surface area contributed by atoms with E-state index < -0.39 is 0 Å². The van der Waals surface area contributed by atoms with E-state index >= 15 is 0 Å². The molecule has 0 unspecified atom stereocenters. The van der Waals surface area contributed by atoms with Gasteiger partial charge in [0.05, 0.1) is 0 Å². The standard InChI is InChI=1S/C13H15N/c1-3-11-9-10-14(4-2)13-8-6-5-7-12(11)13/h3,5-10H,4H2,1-2H3/b11-3+. The van der Waals surface area contributed by atoms with Gasteiger partial charge in [0.2, 0.25) is 0 Å². The summed E-state index contributed by atoms with van der Waals surface area (Å²) in [5.74, 6) is 0. The minimum absolute atomic E-state index is 1.02. The zero-order valence-electron chi connectivity index (χ0n) is 8.70. The van der Waals surface area contributed by atoms with Crippen molar-refractivity contribution in [3.63, 3.8) is 0 Å². The number of para-hydroxylation sites is 1. The fourth-order valence-electron chi connectivity index (χ4n) is 1.84. The van der Waals surface area contributed by atoms with Crippen molar-refractivity contribution in [1.29, 1.82) is 0 Å². The second-order valence-corrected chi connectivity index (χ2v) is 3.36. The minimum Gasteiger partial charge on any atom is -0.348 e.